The molecule has 0 fully saturated rings. The summed E-state index contributed by atoms with van der Waals surface area (Å²) in [5.74, 6) is 1.22. The average molecular weight is 288 g/mol. The molecule has 1 rings (SSSR count). The molecule has 0 aliphatic heterocycles. The highest BCUT2D eigenvalue weighted by Crippen LogP contribution is 2.25. The van der Waals surface area contributed by atoms with E-state index in [9.17, 15) is 0 Å². The molecule has 0 radical (unpaired) electrons. The average Bonchev–Trinajstić information content (AvgIpc) is 2.32. The highest BCUT2D eigenvalue weighted by Gasteiger charge is 2.15. The third kappa shape index (κ3) is 5.17. The smallest absolute Gasteiger partial charge is 0.0439 e. The van der Waals surface area contributed by atoms with Gasteiger partial charge in [0.2, 0.25) is 0 Å². The first-order chi connectivity index (χ1) is 8.54. The fraction of sp³-hybridized carbons (Fsp3) is 0.600. The summed E-state index contributed by atoms with van der Waals surface area (Å²) in [7, 11) is 0. The standard InChI is InChI=1S/C15H23Cl2N/c1-4-7-18-10-13(11(2)3)8-12-9-14(16)5-6-15(12)17/h5-6,9,11,13,18H,4,7-8,10H2,1-3H3. The van der Waals surface area contributed by atoms with E-state index in [2.05, 4.69) is 26.1 Å². The van der Waals surface area contributed by atoms with Gasteiger partial charge in [-0.1, -0.05) is 44.0 Å². The van der Waals surface area contributed by atoms with E-state index >= 15 is 0 Å². The number of hydrogen-bond donors (Lipinski definition) is 1. The quantitative estimate of drug-likeness (QED) is 0.710. The molecule has 0 heterocycles. The first-order valence-electron chi connectivity index (χ1n) is 6.69. The summed E-state index contributed by atoms with van der Waals surface area (Å²) in [4.78, 5) is 0. The molecule has 102 valence electrons. The molecule has 0 saturated carbocycles. The molecule has 1 N–H and O–H groups in total. The van der Waals surface area contributed by atoms with Gasteiger partial charge in [-0.25, -0.2) is 0 Å². The second-order valence-electron chi connectivity index (χ2n) is 5.15. The molecule has 0 aliphatic carbocycles. The number of rotatable bonds is 7. The van der Waals surface area contributed by atoms with Gasteiger partial charge in [0.1, 0.15) is 0 Å². The third-order valence-corrected chi connectivity index (χ3v) is 3.87. The van der Waals surface area contributed by atoms with Crippen LogP contribution in [0.25, 0.3) is 0 Å². The summed E-state index contributed by atoms with van der Waals surface area (Å²) in [6.07, 6.45) is 2.15. The Morgan fingerprint density at radius 1 is 1.22 bits per heavy atom. The molecule has 1 aromatic rings. The molecule has 0 bridgehead atoms. The van der Waals surface area contributed by atoms with Gasteiger partial charge in [0.15, 0.2) is 0 Å². The topological polar surface area (TPSA) is 12.0 Å². The van der Waals surface area contributed by atoms with E-state index in [1.807, 2.05) is 18.2 Å². The summed E-state index contributed by atoms with van der Waals surface area (Å²) >= 11 is 12.3. The number of benzene rings is 1. The normalized spacial score (nSPS) is 13.0. The van der Waals surface area contributed by atoms with Crippen molar-refractivity contribution in [1.29, 1.82) is 0 Å². The highest BCUT2D eigenvalue weighted by molar-refractivity contribution is 6.33. The zero-order valence-corrected chi connectivity index (χ0v) is 13.0. The van der Waals surface area contributed by atoms with Crippen LogP contribution in [0.5, 0.6) is 0 Å². The van der Waals surface area contributed by atoms with Gasteiger partial charge in [-0.05, 0) is 61.5 Å². The van der Waals surface area contributed by atoms with E-state index in [4.69, 9.17) is 23.2 Å². The molecular weight excluding hydrogens is 265 g/mol. The van der Waals surface area contributed by atoms with Crippen molar-refractivity contribution in [3.8, 4) is 0 Å². The molecule has 1 unspecified atom stereocenters. The molecule has 0 aromatic heterocycles. The maximum atomic E-state index is 6.23. The zero-order chi connectivity index (χ0) is 13.5. The van der Waals surface area contributed by atoms with Gasteiger partial charge in [-0.3, -0.25) is 0 Å². The number of nitrogens with one attached hydrogen (secondary N) is 1. The SMILES string of the molecule is CCCNCC(Cc1cc(Cl)ccc1Cl)C(C)C. The number of hydrogen-bond acceptors (Lipinski definition) is 1. The third-order valence-electron chi connectivity index (χ3n) is 3.27. The Kier molecular flexibility index (Phi) is 7.06. The lowest BCUT2D eigenvalue weighted by Gasteiger charge is -2.22. The second kappa shape index (κ2) is 8.04. The Balaban J connectivity index is 2.67. The summed E-state index contributed by atoms with van der Waals surface area (Å²) in [5.41, 5.74) is 1.15. The second-order valence-corrected chi connectivity index (χ2v) is 5.99. The zero-order valence-electron chi connectivity index (χ0n) is 11.5. The van der Waals surface area contributed by atoms with E-state index < -0.39 is 0 Å². The van der Waals surface area contributed by atoms with Crippen LogP contribution in [0.2, 0.25) is 10.0 Å². The van der Waals surface area contributed by atoms with Crippen LogP contribution in [-0.2, 0) is 6.42 Å². The van der Waals surface area contributed by atoms with E-state index in [-0.39, 0.29) is 0 Å². The largest absolute Gasteiger partial charge is 0.316 e. The van der Waals surface area contributed by atoms with Gasteiger partial charge in [-0.15, -0.1) is 0 Å². The lowest BCUT2D eigenvalue weighted by Crippen LogP contribution is -2.28. The van der Waals surface area contributed by atoms with E-state index in [1.54, 1.807) is 0 Å². The fourth-order valence-electron chi connectivity index (χ4n) is 1.99. The predicted octanol–water partition coefficient (Wildman–Crippen LogP) is 4.81. The molecule has 18 heavy (non-hydrogen) atoms. The summed E-state index contributed by atoms with van der Waals surface area (Å²) in [5, 5.41) is 5.08. The van der Waals surface area contributed by atoms with E-state index in [1.165, 1.54) is 6.42 Å². The van der Waals surface area contributed by atoms with Crippen molar-refractivity contribution in [3.63, 3.8) is 0 Å². The molecule has 0 saturated heterocycles. The van der Waals surface area contributed by atoms with E-state index in [0.717, 1.165) is 35.1 Å². The first kappa shape index (κ1) is 15.8. The van der Waals surface area contributed by atoms with Crippen LogP contribution in [0.3, 0.4) is 0 Å². The van der Waals surface area contributed by atoms with Gasteiger partial charge in [0.05, 0.1) is 0 Å². The minimum absolute atomic E-state index is 0.590. The Bertz CT molecular complexity index is 364. The lowest BCUT2D eigenvalue weighted by molar-refractivity contribution is 0.361. The molecule has 1 aromatic carbocycles. The van der Waals surface area contributed by atoms with Crippen molar-refractivity contribution in [1.82, 2.24) is 5.32 Å². The maximum absolute atomic E-state index is 6.23. The Morgan fingerprint density at radius 2 is 1.94 bits per heavy atom. The fourth-order valence-corrected chi connectivity index (χ4v) is 2.38. The predicted molar refractivity (Wildman–Crippen MR) is 81.7 cm³/mol. The van der Waals surface area contributed by atoms with Crippen LogP contribution >= 0.6 is 23.2 Å². The van der Waals surface area contributed by atoms with Gasteiger partial charge in [0.25, 0.3) is 0 Å². The van der Waals surface area contributed by atoms with Crippen LogP contribution < -0.4 is 5.32 Å². The molecular formula is C15H23Cl2N. The number of halogens is 2. The summed E-state index contributed by atoms with van der Waals surface area (Å²) in [6.45, 7) is 8.82. The van der Waals surface area contributed by atoms with Crippen LogP contribution in [0, 0.1) is 11.8 Å². The van der Waals surface area contributed by atoms with Gasteiger partial charge in [0, 0.05) is 10.0 Å². The van der Waals surface area contributed by atoms with Crippen molar-refractivity contribution in [3.05, 3.63) is 33.8 Å². The summed E-state index contributed by atoms with van der Waals surface area (Å²) in [6, 6.07) is 5.71. The molecule has 0 aliphatic rings. The van der Waals surface area contributed by atoms with Crippen molar-refractivity contribution in [2.24, 2.45) is 11.8 Å². The van der Waals surface area contributed by atoms with Gasteiger partial charge < -0.3 is 5.32 Å². The molecule has 0 amide bonds. The minimum atomic E-state index is 0.590. The van der Waals surface area contributed by atoms with Crippen LogP contribution in [-0.4, -0.2) is 13.1 Å². The van der Waals surface area contributed by atoms with Crippen molar-refractivity contribution in [2.45, 2.75) is 33.6 Å². The van der Waals surface area contributed by atoms with Crippen LogP contribution in [0.4, 0.5) is 0 Å². The Labute approximate surface area is 121 Å². The maximum Gasteiger partial charge on any atom is 0.0439 e. The summed E-state index contributed by atoms with van der Waals surface area (Å²) < 4.78 is 0. The van der Waals surface area contributed by atoms with Crippen molar-refractivity contribution in [2.75, 3.05) is 13.1 Å². The molecule has 1 nitrogen and oxygen atoms in total. The highest BCUT2D eigenvalue weighted by atomic mass is 35.5. The van der Waals surface area contributed by atoms with Crippen LogP contribution in [0.1, 0.15) is 32.8 Å². The lowest BCUT2D eigenvalue weighted by atomic mass is 9.89. The molecule has 3 heteroatoms. The monoisotopic (exact) mass is 287 g/mol. The van der Waals surface area contributed by atoms with Gasteiger partial charge in [-0.2, -0.15) is 0 Å². The Hall–Kier alpha value is -0.240. The minimum Gasteiger partial charge on any atom is -0.316 e. The van der Waals surface area contributed by atoms with Gasteiger partial charge >= 0.3 is 0 Å². The Morgan fingerprint density at radius 3 is 2.56 bits per heavy atom. The van der Waals surface area contributed by atoms with Crippen molar-refractivity contribution >= 4 is 23.2 Å². The molecule has 1 atom stereocenters. The van der Waals surface area contributed by atoms with Crippen LogP contribution in [0.15, 0.2) is 18.2 Å². The first-order valence-corrected chi connectivity index (χ1v) is 7.44. The van der Waals surface area contributed by atoms with E-state index in [0.29, 0.717) is 11.8 Å². The van der Waals surface area contributed by atoms with Crippen molar-refractivity contribution < 1.29 is 0 Å². The molecule has 0 spiro atoms.